The zero-order valence-electron chi connectivity index (χ0n) is 11.3. The lowest BCUT2D eigenvalue weighted by atomic mass is 10.0. The van der Waals surface area contributed by atoms with Crippen LogP contribution in [0.3, 0.4) is 0 Å². The minimum absolute atomic E-state index is 0.0664. The predicted octanol–water partition coefficient (Wildman–Crippen LogP) is 3.20. The van der Waals surface area contributed by atoms with Crippen molar-refractivity contribution in [3.8, 4) is 11.1 Å². The Balaban J connectivity index is 2.24. The summed E-state index contributed by atoms with van der Waals surface area (Å²) in [6.45, 7) is 4.77. The van der Waals surface area contributed by atoms with Gasteiger partial charge in [0.1, 0.15) is 0 Å². The van der Waals surface area contributed by atoms with Crippen LogP contribution in [-0.2, 0) is 0 Å². The van der Waals surface area contributed by atoms with Gasteiger partial charge < -0.3 is 5.32 Å². The standard InChI is InChI=1S/C16H18N2O/c1-3-8-18-16(19)15-9-14(10-17-11-15)13-6-4-12(2)5-7-13/h4-7,9-11H,3,8H2,1-2H3,(H,18,19). The van der Waals surface area contributed by atoms with Crippen LogP contribution < -0.4 is 5.32 Å². The number of aryl methyl sites for hydroxylation is 1. The number of aromatic nitrogens is 1. The number of carbonyl (C=O) groups is 1. The normalized spacial score (nSPS) is 10.2. The smallest absolute Gasteiger partial charge is 0.252 e. The Labute approximate surface area is 113 Å². The number of rotatable bonds is 4. The highest BCUT2D eigenvalue weighted by Gasteiger charge is 2.06. The number of amides is 1. The Bertz CT molecular complexity index is 561. The molecule has 1 heterocycles. The van der Waals surface area contributed by atoms with E-state index >= 15 is 0 Å². The van der Waals surface area contributed by atoms with Crippen LogP contribution in [-0.4, -0.2) is 17.4 Å². The molecule has 98 valence electrons. The van der Waals surface area contributed by atoms with Gasteiger partial charge in [-0.05, 0) is 25.0 Å². The van der Waals surface area contributed by atoms with E-state index in [2.05, 4.69) is 29.4 Å². The molecule has 19 heavy (non-hydrogen) atoms. The van der Waals surface area contributed by atoms with E-state index in [9.17, 15) is 4.79 Å². The molecule has 2 aromatic rings. The van der Waals surface area contributed by atoms with E-state index in [-0.39, 0.29) is 5.91 Å². The summed E-state index contributed by atoms with van der Waals surface area (Å²) in [5.41, 5.74) is 3.85. The van der Waals surface area contributed by atoms with Crippen molar-refractivity contribution in [3.05, 3.63) is 53.9 Å². The van der Waals surface area contributed by atoms with E-state index in [1.165, 1.54) is 5.56 Å². The lowest BCUT2D eigenvalue weighted by molar-refractivity contribution is 0.0953. The molecule has 0 atom stereocenters. The van der Waals surface area contributed by atoms with E-state index in [0.717, 1.165) is 17.5 Å². The fourth-order valence-corrected chi connectivity index (χ4v) is 1.81. The molecule has 0 saturated heterocycles. The number of nitrogens with zero attached hydrogens (tertiary/aromatic N) is 1. The molecule has 1 aromatic heterocycles. The van der Waals surface area contributed by atoms with Crippen molar-refractivity contribution in [2.75, 3.05) is 6.54 Å². The van der Waals surface area contributed by atoms with Gasteiger partial charge in [0.2, 0.25) is 0 Å². The van der Waals surface area contributed by atoms with Crippen molar-refractivity contribution in [1.82, 2.24) is 10.3 Å². The summed E-state index contributed by atoms with van der Waals surface area (Å²) in [7, 11) is 0. The minimum atomic E-state index is -0.0664. The van der Waals surface area contributed by atoms with Crippen LogP contribution in [0.15, 0.2) is 42.7 Å². The molecule has 3 heteroatoms. The zero-order valence-corrected chi connectivity index (χ0v) is 11.3. The second-order valence-electron chi connectivity index (χ2n) is 4.58. The zero-order chi connectivity index (χ0) is 13.7. The maximum atomic E-state index is 11.9. The van der Waals surface area contributed by atoms with Crippen LogP contribution in [0.4, 0.5) is 0 Å². The van der Waals surface area contributed by atoms with Gasteiger partial charge in [-0.3, -0.25) is 9.78 Å². The second-order valence-corrected chi connectivity index (χ2v) is 4.58. The Hall–Kier alpha value is -2.16. The van der Waals surface area contributed by atoms with Gasteiger partial charge in [-0.2, -0.15) is 0 Å². The number of benzene rings is 1. The number of carbonyl (C=O) groups excluding carboxylic acids is 1. The number of pyridine rings is 1. The molecule has 0 fully saturated rings. The van der Waals surface area contributed by atoms with Gasteiger partial charge in [0.15, 0.2) is 0 Å². The van der Waals surface area contributed by atoms with Crippen LogP contribution >= 0.6 is 0 Å². The summed E-state index contributed by atoms with van der Waals surface area (Å²) in [6, 6.07) is 10.1. The van der Waals surface area contributed by atoms with Crippen LogP contribution in [0.1, 0.15) is 29.3 Å². The molecule has 0 unspecified atom stereocenters. The first-order valence-corrected chi connectivity index (χ1v) is 6.51. The molecular formula is C16H18N2O. The van der Waals surface area contributed by atoms with Crippen molar-refractivity contribution < 1.29 is 4.79 Å². The molecule has 3 nitrogen and oxygen atoms in total. The third-order valence-electron chi connectivity index (χ3n) is 2.92. The van der Waals surface area contributed by atoms with Crippen LogP contribution in [0.5, 0.6) is 0 Å². The summed E-state index contributed by atoms with van der Waals surface area (Å²) >= 11 is 0. The van der Waals surface area contributed by atoms with Crippen molar-refractivity contribution in [2.45, 2.75) is 20.3 Å². The van der Waals surface area contributed by atoms with Gasteiger partial charge in [0.05, 0.1) is 5.56 Å². The molecule has 1 N–H and O–H groups in total. The Kier molecular flexibility index (Phi) is 4.29. The fourth-order valence-electron chi connectivity index (χ4n) is 1.81. The van der Waals surface area contributed by atoms with E-state index in [1.54, 1.807) is 12.4 Å². The van der Waals surface area contributed by atoms with Gasteiger partial charge in [0.25, 0.3) is 5.91 Å². The molecule has 1 aromatic carbocycles. The van der Waals surface area contributed by atoms with E-state index in [1.807, 2.05) is 25.1 Å². The first-order valence-electron chi connectivity index (χ1n) is 6.51. The van der Waals surface area contributed by atoms with Crippen molar-refractivity contribution >= 4 is 5.91 Å². The van der Waals surface area contributed by atoms with Gasteiger partial charge in [-0.15, -0.1) is 0 Å². The minimum Gasteiger partial charge on any atom is -0.352 e. The molecule has 0 aliphatic heterocycles. The van der Waals surface area contributed by atoms with Crippen LogP contribution in [0.25, 0.3) is 11.1 Å². The van der Waals surface area contributed by atoms with E-state index in [4.69, 9.17) is 0 Å². The highest BCUT2D eigenvalue weighted by molar-refractivity contribution is 5.95. The summed E-state index contributed by atoms with van der Waals surface area (Å²) in [5.74, 6) is -0.0664. The molecule has 0 aliphatic rings. The Morgan fingerprint density at radius 3 is 2.58 bits per heavy atom. The van der Waals surface area contributed by atoms with Crippen molar-refractivity contribution in [1.29, 1.82) is 0 Å². The van der Waals surface area contributed by atoms with Crippen LogP contribution in [0, 0.1) is 6.92 Å². The second kappa shape index (κ2) is 6.14. The van der Waals surface area contributed by atoms with Crippen molar-refractivity contribution in [2.24, 2.45) is 0 Å². The Morgan fingerprint density at radius 1 is 1.16 bits per heavy atom. The summed E-state index contributed by atoms with van der Waals surface area (Å²) in [6.07, 6.45) is 4.31. The van der Waals surface area contributed by atoms with Gasteiger partial charge in [-0.1, -0.05) is 36.8 Å². The van der Waals surface area contributed by atoms with Gasteiger partial charge in [0, 0.05) is 24.5 Å². The molecule has 0 radical (unpaired) electrons. The quantitative estimate of drug-likeness (QED) is 0.910. The number of hydrogen-bond acceptors (Lipinski definition) is 2. The van der Waals surface area contributed by atoms with Crippen molar-refractivity contribution in [3.63, 3.8) is 0 Å². The predicted molar refractivity (Wildman–Crippen MR) is 77.0 cm³/mol. The first-order chi connectivity index (χ1) is 9.20. The van der Waals surface area contributed by atoms with E-state index in [0.29, 0.717) is 12.1 Å². The molecule has 1 amide bonds. The monoisotopic (exact) mass is 254 g/mol. The average Bonchev–Trinajstić information content (AvgIpc) is 2.45. The fraction of sp³-hybridized carbons (Fsp3) is 0.250. The number of nitrogens with one attached hydrogen (secondary N) is 1. The largest absolute Gasteiger partial charge is 0.352 e. The highest BCUT2D eigenvalue weighted by Crippen LogP contribution is 2.19. The summed E-state index contributed by atoms with van der Waals surface area (Å²) < 4.78 is 0. The maximum Gasteiger partial charge on any atom is 0.252 e. The topological polar surface area (TPSA) is 42.0 Å². The molecule has 2 rings (SSSR count). The summed E-state index contributed by atoms with van der Waals surface area (Å²) in [5, 5.41) is 2.86. The van der Waals surface area contributed by atoms with Gasteiger partial charge >= 0.3 is 0 Å². The molecular weight excluding hydrogens is 236 g/mol. The molecule has 0 spiro atoms. The third kappa shape index (κ3) is 3.41. The molecule has 0 bridgehead atoms. The highest BCUT2D eigenvalue weighted by atomic mass is 16.1. The lowest BCUT2D eigenvalue weighted by Gasteiger charge is -2.06. The Morgan fingerprint density at radius 2 is 1.89 bits per heavy atom. The molecule has 0 saturated carbocycles. The van der Waals surface area contributed by atoms with E-state index < -0.39 is 0 Å². The lowest BCUT2D eigenvalue weighted by Crippen LogP contribution is -2.24. The third-order valence-corrected chi connectivity index (χ3v) is 2.92. The summed E-state index contributed by atoms with van der Waals surface area (Å²) in [4.78, 5) is 16.0. The maximum absolute atomic E-state index is 11.9. The van der Waals surface area contributed by atoms with Gasteiger partial charge in [-0.25, -0.2) is 0 Å². The van der Waals surface area contributed by atoms with Crippen LogP contribution in [0.2, 0.25) is 0 Å². The SMILES string of the molecule is CCCNC(=O)c1cncc(-c2ccc(C)cc2)c1. The first kappa shape index (κ1) is 13.3. The molecule has 0 aliphatic carbocycles. The average molecular weight is 254 g/mol. The number of hydrogen-bond donors (Lipinski definition) is 1.